The predicted octanol–water partition coefficient (Wildman–Crippen LogP) is 9.31. The molecule has 0 amide bonds. The van der Waals surface area contributed by atoms with Gasteiger partial charge in [-0.05, 0) is 108 Å². The number of rotatable bonds is 28. The van der Waals surface area contributed by atoms with E-state index in [1.165, 1.54) is 0 Å². The van der Waals surface area contributed by atoms with Gasteiger partial charge in [0.1, 0.15) is 23.0 Å². The first kappa shape index (κ1) is 53.6. The summed E-state index contributed by atoms with van der Waals surface area (Å²) in [5.41, 5.74) is 3.57. The van der Waals surface area contributed by atoms with E-state index in [1.54, 1.807) is 63.4 Å². The third kappa shape index (κ3) is 16.4. The minimum Gasteiger partial charge on any atom is -0.497 e. The molecule has 0 aliphatic heterocycles. The van der Waals surface area contributed by atoms with Crippen LogP contribution < -0.4 is 18.9 Å². The summed E-state index contributed by atoms with van der Waals surface area (Å²) in [7, 11) is 2.33. The Morgan fingerprint density at radius 2 is 0.688 bits per heavy atom. The normalized spacial score (nSPS) is 13.5. The first-order chi connectivity index (χ1) is 30.7. The maximum atomic E-state index is 13.9. The number of benzene rings is 4. The maximum absolute atomic E-state index is 13.9. The van der Waals surface area contributed by atoms with Gasteiger partial charge >= 0.3 is 0 Å². The van der Waals surface area contributed by atoms with Gasteiger partial charge in [0.25, 0.3) is 0 Å². The summed E-state index contributed by atoms with van der Waals surface area (Å²) in [5.74, 6) is 2.77. The Labute approximate surface area is 383 Å². The molecule has 0 N–H and O–H groups in total. The van der Waals surface area contributed by atoms with E-state index in [9.17, 15) is 16.8 Å². The van der Waals surface area contributed by atoms with E-state index in [2.05, 4.69) is 13.2 Å². The lowest BCUT2D eigenvalue weighted by Gasteiger charge is -2.31. The van der Waals surface area contributed by atoms with Crippen molar-refractivity contribution in [3.05, 3.63) is 145 Å². The van der Waals surface area contributed by atoms with E-state index < -0.39 is 30.5 Å². The maximum Gasteiger partial charge on any atom is 0.217 e. The van der Waals surface area contributed by atoms with Gasteiger partial charge in [-0.3, -0.25) is 0 Å². The predicted molar refractivity (Wildman–Crippen MR) is 257 cm³/mol. The molecule has 12 nitrogen and oxygen atoms in total. The van der Waals surface area contributed by atoms with Gasteiger partial charge in [-0.25, -0.2) is 16.8 Å². The monoisotopic (exact) mass is 922 g/mol. The minimum atomic E-state index is -3.64. The Balaban J connectivity index is 0.000000340. The van der Waals surface area contributed by atoms with Crippen LogP contribution in [0.5, 0.6) is 23.0 Å². The van der Waals surface area contributed by atoms with Crippen molar-refractivity contribution in [2.24, 2.45) is 11.8 Å². The molecule has 0 aliphatic carbocycles. The van der Waals surface area contributed by atoms with Crippen LogP contribution in [0.3, 0.4) is 0 Å². The van der Waals surface area contributed by atoms with Crippen LogP contribution in [0.1, 0.15) is 61.8 Å². The molecular formula is C50H70N2O10S2. The zero-order chi connectivity index (χ0) is 47.1. The Hall–Kier alpha value is -4.70. The van der Waals surface area contributed by atoms with Crippen molar-refractivity contribution < 1.29 is 45.3 Å². The second-order valence-electron chi connectivity index (χ2n) is 15.7. The summed E-state index contributed by atoms with van der Waals surface area (Å²) in [6.45, 7) is 13.3. The molecule has 4 aromatic rings. The van der Waals surface area contributed by atoms with E-state index >= 15 is 0 Å². The van der Waals surface area contributed by atoms with Crippen molar-refractivity contribution in [2.45, 2.75) is 76.2 Å². The molecule has 4 rings (SSSR count). The molecule has 14 heteroatoms. The lowest BCUT2D eigenvalue weighted by atomic mass is 10.0. The number of hydrogen-bond donors (Lipinski definition) is 0. The fourth-order valence-electron chi connectivity index (χ4n) is 7.34. The van der Waals surface area contributed by atoms with Crippen LogP contribution in [0, 0.1) is 11.8 Å². The van der Waals surface area contributed by atoms with Gasteiger partial charge in [-0.15, -0.1) is 13.2 Å². The van der Waals surface area contributed by atoms with Crippen LogP contribution in [-0.2, 0) is 55.7 Å². The van der Waals surface area contributed by atoms with E-state index in [1.807, 2.05) is 111 Å². The highest BCUT2D eigenvalue weighted by Crippen LogP contribution is 2.29. The average molecular weight is 923 g/mol. The molecule has 0 heterocycles. The molecule has 0 radical (unpaired) electrons. The third-order valence-corrected chi connectivity index (χ3v) is 16.0. The van der Waals surface area contributed by atoms with Crippen LogP contribution in [0.25, 0.3) is 0 Å². The largest absolute Gasteiger partial charge is 0.497 e. The number of nitrogens with zero attached hydrogens (tertiary/aromatic N) is 2. The summed E-state index contributed by atoms with van der Waals surface area (Å²) < 4.78 is 90.1. The highest BCUT2D eigenvalue weighted by atomic mass is 32.2. The molecule has 0 unspecified atom stereocenters. The number of allylic oxidation sites excluding steroid dienone is 2. The minimum absolute atomic E-state index is 0.0816. The summed E-state index contributed by atoms with van der Waals surface area (Å²) >= 11 is 0. The van der Waals surface area contributed by atoms with Crippen molar-refractivity contribution in [3.8, 4) is 23.0 Å². The van der Waals surface area contributed by atoms with Gasteiger partial charge in [0, 0.05) is 53.6 Å². The molecule has 352 valence electrons. The fraction of sp³-hybridized carbons (Fsp3) is 0.440. The van der Waals surface area contributed by atoms with E-state index in [0.29, 0.717) is 38.9 Å². The second-order valence-corrected chi connectivity index (χ2v) is 20.0. The van der Waals surface area contributed by atoms with Crippen LogP contribution in [0.4, 0.5) is 0 Å². The molecule has 4 atom stereocenters. The molecule has 0 saturated heterocycles. The zero-order valence-electron chi connectivity index (χ0n) is 39.0. The highest BCUT2D eigenvalue weighted by molar-refractivity contribution is 7.90. The van der Waals surface area contributed by atoms with Crippen LogP contribution in [-0.4, -0.2) is 91.8 Å². The first-order valence-corrected chi connectivity index (χ1v) is 24.4. The Kier molecular flexibility index (Phi) is 23.1. The van der Waals surface area contributed by atoms with Gasteiger partial charge < -0.3 is 28.4 Å². The number of methoxy groups -OCH3 is 6. The van der Waals surface area contributed by atoms with Crippen molar-refractivity contribution in [2.75, 3.05) is 55.9 Å². The molecule has 4 aromatic carbocycles. The standard InChI is InChI=1S/2C25H35NO5S/c2*1-6-7-20(2)25(16-17-29-3)32(27,28)26(18-21-8-12-23(30-4)13-9-21)19-22-10-14-24(31-5)15-11-22/h2*6,8-15,20,25H,1,7,16-19H2,2-5H3/t20-,25+;20-,25-/m00/s1. The van der Waals surface area contributed by atoms with E-state index in [-0.39, 0.29) is 38.0 Å². The van der Waals surface area contributed by atoms with Gasteiger partial charge in [0.05, 0.1) is 38.9 Å². The quantitative estimate of drug-likeness (QED) is 0.0509. The summed E-state index contributed by atoms with van der Waals surface area (Å²) in [5, 5.41) is -1.14. The van der Waals surface area contributed by atoms with Gasteiger partial charge in [-0.2, -0.15) is 8.61 Å². The first-order valence-electron chi connectivity index (χ1n) is 21.4. The summed E-state index contributed by atoms with van der Waals surface area (Å²) in [4.78, 5) is 0. The Morgan fingerprint density at radius 3 is 0.875 bits per heavy atom. The van der Waals surface area contributed by atoms with Crippen molar-refractivity contribution in [1.82, 2.24) is 8.61 Å². The third-order valence-electron chi connectivity index (χ3n) is 11.1. The molecular weight excluding hydrogens is 853 g/mol. The average Bonchev–Trinajstić information content (AvgIpc) is 3.30. The fourth-order valence-corrected chi connectivity index (χ4v) is 11.6. The number of hydrogen-bond acceptors (Lipinski definition) is 10. The molecule has 0 bridgehead atoms. The van der Waals surface area contributed by atoms with Crippen molar-refractivity contribution in [3.63, 3.8) is 0 Å². The summed E-state index contributed by atoms with van der Waals surface area (Å²) in [6, 6.07) is 29.9. The van der Waals surface area contributed by atoms with E-state index in [4.69, 9.17) is 28.4 Å². The zero-order valence-corrected chi connectivity index (χ0v) is 40.6. The van der Waals surface area contributed by atoms with Crippen LogP contribution in [0.15, 0.2) is 122 Å². The second kappa shape index (κ2) is 27.6. The van der Waals surface area contributed by atoms with Crippen molar-refractivity contribution >= 4 is 20.0 Å². The Morgan fingerprint density at radius 1 is 0.453 bits per heavy atom. The SMILES string of the molecule is C=CC[C@H](C)[C@@H](CCOC)S(=O)(=O)N(Cc1ccc(OC)cc1)Cc1ccc(OC)cc1.C=CC[C@H](C)[C@H](CCOC)S(=O)(=O)N(Cc1ccc(OC)cc1)Cc1ccc(OC)cc1. The lowest BCUT2D eigenvalue weighted by molar-refractivity contribution is 0.187. The molecule has 0 aliphatic rings. The van der Waals surface area contributed by atoms with Crippen molar-refractivity contribution in [1.29, 1.82) is 0 Å². The Bertz CT molecular complexity index is 1910. The van der Waals surface area contributed by atoms with Gasteiger partial charge in [0.2, 0.25) is 20.0 Å². The highest BCUT2D eigenvalue weighted by Gasteiger charge is 2.37. The molecule has 0 fully saturated rings. The molecule has 0 spiro atoms. The smallest absolute Gasteiger partial charge is 0.217 e. The number of sulfonamides is 2. The van der Waals surface area contributed by atoms with E-state index in [0.717, 1.165) is 45.3 Å². The topological polar surface area (TPSA) is 130 Å². The molecule has 64 heavy (non-hydrogen) atoms. The van der Waals surface area contributed by atoms with Gasteiger partial charge in [-0.1, -0.05) is 74.5 Å². The molecule has 0 aromatic heterocycles. The van der Waals surface area contributed by atoms with Gasteiger partial charge in [0.15, 0.2) is 0 Å². The number of ether oxygens (including phenoxy) is 6. The molecule has 0 saturated carbocycles. The van der Waals surface area contributed by atoms with Crippen LogP contribution in [0.2, 0.25) is 0 Å². The lowest BCUT2D eigenvalue weighted by Crippen LogP contribution is -2.41. The summed E-state index contributed by atoms with van der Waals surface area (Å²) in [6.07, 6.45) is 5.64. The van der Waals surface area contributed by atoms with Crippen LogP contribution >= 0.6 is 0 Å².